The average Bonchev–Trinajstić information content (AvgIpc) is 2.97. The van der Waals surface area contributed by atoms with E-state index in [4.69, 9.17) is 0 Å². The second kappa shape index (κ2) is 7.41. The summed E-state index contributed by atoms with van der Waals surface area (Å²) in [6.07, 6.45) is 0.174. The summed E-state index contributed by atoms with van der Waals surface area (Å²) in [4.78, 5) is 38.1. The zero-order valence-corrected chi connectivity index (χ0v) is 16.2. The number of amides is 2. The molecule has 0 aromatic heterocycles. The fraction of sp³-hybridized carbons (Fsp3) is 0.250. The van der Waals surface area contributed by atoms with E-state index in [9.17, 15) is 14.4 Å². The van der Waals surface area contributed by atoms with Crippen LogP contribution >= 0.6 is 15.9 Å². The number of aryl methyl sites for hydroxylation is 1. The molecule has 0 bridgehead atoms. The minimum Gasteiger partial charge on any atom is -0.326 e. The van der Waals surface area contributed by atoms with Gasteiger partial charge >= 0.3 is 0 Å². The molecule has 3 rings (SSSR count). The minimum absolute atomic E-state index is 0.0611. The molecule has 5 nitrogen and oxygen atoms in total. The van der Waals surface area contributed by atoms with Crippen molar-refractivity contribution in [3.63, 3.8) is 0 Å². The van der Waals surface area contributed by atoms with Gasteiger partial charge in [-0.3, -0.25) is 14.4 Å². The second-order valence-corrected chi connectivity index (χ2v) is 7.38. The maximum absolute atomic E-state index is 12.6. The molecular weight excluding hydrogens is 396 g/mol. The third-order valence-electron chi connectivity index (χ3n) is 4.48. The van der Waals surface area contributed by atoms with Crippen molar-refractivity contribution < 1.29 is 14.4 Å². The van der Waals surface area contributed by atoms with Crippen molar-refractivity contribution in [1.29, 1.82) is 0 Å². The lowest BCUT2D eigenvalue weighted by atomic mass is 10.1. The summed E-state index contributed by atoms with van der Waals surface area (Å²) in [5.74, 6) is -0.759. The molecule has 1 aliphatic heterocycles. The van der Waals surface area contributed by atoms with E-state index in [1.54, 1.807) is 29.2 Å². The molecule has 134 valence electrons. The SMILES string of the molecule is CC(=O)c1cccc(NC(=O)C2CC(=O)N(c3ccc(Br)cc3C)C2)c1. The number of carbonyl (C=O) groups excluding carboxylic acids is 3. The van der Waals surface area contributed by atoms with Gasteiger partial charge in [0.2, 0.25) is 11.8 Å². The Labute approximate surface area is 160 Å². The van der Waals surface area contributed by atoms with Crippen molar-refractivity contribution in [2.24, 2.45) is 5.92 Å². The zero-order valence-electron chi connectivity index (χ0n) is 14.6. The van der Waals surface area contributed by atoms with Crippen LogP contribution < -0.4 is 10.2 Å². The number of rotatable bonds is 4. The Morgan fingerprint density at radius 1 is 1.19 bits per heavy atom. The molecule has 1 saturated heterocycles. The van der Waals surface area contributed by atoms with Crippen LogP contribution in [0.15, 0.2) is 46.9 Å². The predicted octanol–water partition coefficient (Wildman–Crippen LogP) is 3.95. The number of halogens is 1. The molecule has 1 fully saturated rings. The highest BCUT2D eigenvalue weighted by molar-refractivity contribution is 9.10. The summed E-state index contributed by atoms with van der Waals surface area (Å²) in [7, 11) is 0. The lowest BCUT2D eigenvalue weighted by Gasteiger charge is -2.19. The number of ketones is 1. The van der Waals surface area contributed by atoms with E-state index in [0.29, 0.717) is 17.8 Å². The highest BCUT2D eigenvalue weighted by Gasteiger charge is 2.35. The van der Waals surface area contributed by atoms with Crippen LogP contribution in [0.2, 0.25) is 0 Å². The first kappa shape index (κ1) is 18.3. The Morgan fingerprint density at radius 3 is 2.65 bits per heavy atom. The van der Waals surface area contributed by atoms with Crippen LogP contribution in [-0.4, -0.2) is 24.1 Å². The standard InChI is InChI=1S/C20H19BrN2O3/c1-12-8-16(21)6-7-18(12)23-11-15(10-19(23)25)20(26)22-17-5-3-4-14(9-17)13(2)24/h3-9,15H,10-11H2,1-2H3,(H,22,26). The number of Topliss-reactive ketones (excluding diaryl/α,β-unsaturated/α-hetero) is 1. The van der Waals surface area contributed by atoms with E-state index < -0.39 is 5.92 Å². The molecule has 1 atom stereocenters. The summed E-state index contributed by atoms with van der Waals surface area (Å²) in [5.41, 5.74) is 2.90. The first-order valence-electron chi connectivity index (χ1n) is 8.33. The Kier molecular flexibility index (Phi) is 5.23. The van der Waals surface area contributed by atoms with E-state index >= 15 is 0 Å². The summed E-state index contributed by atoms with van der Waals surface area (Å²) in [6.45, 7) is 3.77. The van der Waals surface area contributed by atoms with Crippen LogP contribution in [0.1, 0.15) is 29.3 Å². The number of benzene rings is 2. The maximum Gasteiger partial charge on any atom is 0.229 e. The Bertz CT molecular complexity index is 894. The molecule has 26 heavy (non-hydrogen) atoms. The summed E-state index contributed by atoms with van der Waals surface area (Å²) in [6, 6.07) is 12.5. The van der Waals surface area contributed by atoms with Crippen LogP contribution in [0.5, 0.6) is 0 Å². The zero-order chi connectivity index (χ0) is 18.8. The molecule has 1 aliphatic rings. The van der Waals surface area contributed by atoms with Gasteiger partial charge in [-0.2, -0.15) is 0 Å². The molecule has 1 heterocycles. The van der Waals surface area contributed by atoms with Crippen LogP contribution in [0.3, 0.4) is 0 Å². The van der Waals surface area contributed by atoms with Gasteiger partial charge in [0.25, 0.3) is 0 Å². The molecule has 0 radical (unpaired) electrons. The third-order valence-corrected chi connectivity index (χ3v) is 4.98. The lowest BCUT2D eigenvalue weighted by molar-refractivity contribution is -0.122. The minimum atomic E-state index is -0.425. The van der Waals surface area contributed by atoms with Gasteiger partial charge in [0.05, 0.1) is 5.92 Å². The molecule has 2 aromatic carbocycles. The van der Waals surface area contributed by atoms with Gasteiger partial charge in [0, 0.05) is 34.4 Å². The Hall–Kier alpha value is -2.47. The van der Waals surface area contributed by atoms with E-state index in [1.807, 2.05) is 25.1 Å². The highest BCUT2D eigenvalue weighted by atomic mass is 79.9. The van der Waals surface area contributed by atoms with Crippen molar-refractivity contribution in [3.8, 4) is 0 Å². The maximum atomic E-state index is 12.6. The van der Waals surface area contributed by atoms with Gasteiger partial charge in [-0.1, -0.05) is 28.1 Å². The van der Waals surface area contributed by atoms with Crippen LogP contribution in [0.25, 0.3) is 0 Å². The van der Waals surface area contributed by atoms with Gasteiger partial charge in [-0.15, -0.1) is 0 Å². The van der Waals surface area contributed by atoms with E-state index in [-0.39, 0.29) is 24.0 Å². The number of nitrogens with one attached hydrogen (secondary N) is 1. The van der Waals surface area contributed by atoms with Crippen LogP contribution in [0, 0.1) is 12.8 Å². The van der Waals surface area contributed by atoms with Gasteiger partial charge in [0.15, 0.2) is 5.78 Å². The van der Waals surface area contributed by atoms with Gasteiger partial charge in [-0.25, -0.2) is 0 Å². The van der Waals surface area contributed by atoms with Crippen molar-refractivity contribution >= 4 is 44.9 Å². The van der Waals surface area contributed by atoms with Crippen molar-refractivity contribution in [2.75, 3.05) is 16.8 Å². The molecule has 2 amide bonds. The fourth-order valence-electron chi connectivity index (χ4n) is 3.10. The number of carbonyl (C=O) groups is 3. The number of nitrogens with zero attached hydrogens (tertiary/aromatic N) is 1. The predicted molar refractivity (Wildman–Crippen MR) is 104 cm³/mol. The summed E-state index contributed by atoms with van der Waals surface area (Å²) in [5, 5.41) is 2.82. The van der Waals surface area contributed by atoms with Gasteiger partial charge in [-0.05, 0) is 49.7 Å². The smallest absolute Gasteiger partial charge is 0.229 e. The van der Waals surface area contributed by atoms with E-state index in [1.165, 1.54) is 6.92 Å². The lowest BCUT2D eigenvalue weighted by Crippen LogP contribution is -2.28. The van der Waals surface area contributed by atoms with Crippen molar-refractivity contribution in [3.05, 3.63) is 58.1 Å². The van der Waals surface area contributed by atoms with Gasteiger partial charge < -0.3 is 10.2 Å². The Balaban J connectivity index is 1.73. The molecule has 2 aromatic rings. The first-order valence-corrected chi connectivity index (χ1v) is 9.13. The molecule has 1 unspecified atom stereocenters. The van der Waals surface area contributed by atoms with Crippen molar-refractivity contribution in [1.82, 2.24) is 0 Å². The average molecular weight is 415 g/mol. The third kappa shape index (κ3) is 3.85. The molecule has 0 aliphatic carbocycles. The van der Waals surface area contributed by atoms with Gasteiger partial charge in [0.1, 0.15) is 0 Å². The molecular formula is C20H19BrN2O3. The number of hydrogen-bond acceptors (Lipinski definition) is 3. The monoisotopic (exact) mass is 414 g/mol. The molecule has 6 heteroatoms. The number of hydrogen-bond donors (Lipinski definition) is 1. The van der Waals surface area contributed by atoms with E-state index in [2.05, 4.69) is 21.2 Å². The number of anilines is 2. The molecule has 0 saturated carbocycles. The van der Waals surface area contributed by atoms with Crippen molar-refractivity contribution in [2.45, 2.75) is 20.3 Å². The first-order chi connectivity index (χ1) is 12.3. The quantitative estimate of drug-likeness (QED) is 0.770. The largest absolute Gasteiger partial charge is 0.326 e. The molecule has 0 spiro atoms. The fourth-order valence-corrected chi connectivity index (χ4v) is 3.57. The van der Waals surface area contributed by atoms with Crippen LogP contribution in [0.4, 0.5) is 11.4 Å². The summed E-state index contributed by atoms with van der Waals surface area (Å²) >= 11 is 3.42. The topological polar surface area (TPSA) is 66.5 Å². The highest BCUT2D eigenvalue weighted by Crippen LogP contribution is 2.30. The van der Waals surface area contributed by atoms with Crippen LogP contribution in [-0.2, 0) is 9.59 Å². The normalized spacial score (nSPS) is 16.7. The second-order valence-electron chi connectivity index (χ2n) is 6.46. The summed E-state index contributed by atoms with van der Waals surface area (Å²) < 4.78 is 0.949. The van der Waals surface area contributed by atoms with E-state index in [0.717, 1.165) is 15.7 Å². The Morgan fingerprint density at radius 2 is 1.96 bits per heavy atom. The molecule has 1 N–H and O–H groups in total.